The van der Waals surface area contributed by atoms with Crippen LogP contribution < -0.4 is 20.7 Å². The zero-order chi connectivity index (χ0) is 18.8. The lowest BCUT2D eigenvalue weighted by Crippen LogP contribution is -2.31. The van der Waals surface area contributed by atoms with Gasteiger partial charge in [-0.25, -0.2) is 19.3 Å². The van der Waals surface area contributed by atoms with Crippen LogP contribution in [0.2, 0.25) is 0 Å². The number of anilines is 3. The number of pyridine rings is 1. The lowest BCUT2D eigenvalue weighted by molar-refractivity contribution is 0.123. The number of hydrogen-bond donors (Lipinski definition) is 3. The molecule has 140 valence electrons. The predicted octanol–water partition coefficient (Wildman–Crippen LogP) is 2.31. The maximum absolute atomic E-state index is 12.5. The van der Waals surface area contributed by atoms with Gasteiger partial charge in [0.25, 0.3) is 0 Å². The van der Waals surface area contributed by atoms with E-state index in [1.165, 1.54) is 10.9 Å². The summed E-state index contributed by atoms with van der Waals surface area (Å²) in [7, 11) is 3.42. The first kappa shape index (κ1) is 17.1. The minimum Gasteiger partial charge on any atom is -0.495 e. The van der Waals surface area contributed by atoms with Crippen molar-refractivity contribution in [2.24, 2.45) is 0 Å². The summed E-state index contributed by atoms with van der Waals surface area (Å²) in [6.45, 7) is 1.21. The van der Waals surface area contributed by atoms with E-state index in [0.717, 1.165) is 16.9 Å². The molecule has 1 amide bonds. The van der Waals surface area contributed by atoms with Crippen LogP contribution in [0.25, 0.3) is 11.2 Å². The maximum atomic E-state index is 12.5. The van der Waals surface area contributed by atoms with Gasteiger partial charge in [0.2, 0.25) is 0 Å². The van der Waals surface area contributed by atoms with Crippen molar-refractivity contribution >= 4 is 34.4 Å². The molecule has 0 atom stereocenters. The zero-order valence-electron chi connectivity index (χ0n) is 15.1. The van der Waals surface area contributed by atoms with Crippen molar-refractivity contribution in [1.29, 1.82) is 0 Å². The zero-order valence-corrected chi connectivity index (χ0v) is 15.1. The summed E-state index contributed by atoms with van der Waals surface area (Å²) in [6.07, 6.45) is 1.46. The number of amides is 1. The second-order valence-electron chi connectivity index (χ2n) is 6.04. The molecule has 1 aliphatic rings. The molecule has 4 rings (SSSR count). The number of nitrogens with zero attached hydrogens (tertiary/aromatic N) is 3. The number of rotatable bonds is 2. The van der Waals surface area contributed by atoms with Crippen LogP contribution in [0.5, 0.6) is 5.75 Å². The summed E-state index contributed by atoms with van der Waals surface area (Å²) in [5.41, 5.74) is 3.58. The number of benzene rings is 1. The van der Waals surface area contributed by atoms with Gasteiger partial charge in [-0.15, -0.1) is 0 Å². The second-order valence-corrected chi connectivity index (χ2v) is 6.04. The average Bonchev–Trinajstić information content (AvgIpc) is 3.10. The molecule has 0 saturated heterocycles. The summed E-state index contributed by atoms with van der Waals surface area (Å²) < 4.78 is 12.5. The first-order valence-corrected chi connectivity index (χ1v) is 8.55. The smallest absolute Gasteiger partial charge is 0.328 e. The minimum absolute atomic E-state index is 0.305. The Bertz CT molecular complexity index is 1000. The molecule has 4 bridgehead atoms. The topological polar surface area (TPSA) is 102 Å². The van der Waals surface area contributed by atoms with Crippen LogP contribution in [-0.2, 0) is 11.3 Å². The molecule has 1 aliphatic heterocycles. The fourth-order valence-corrected chi connectivity index (χ4v) is 2.98. The van der Waals surface area contributed by atoms with Crippen LogP contribution in [0.3, 0.4) is 0 Å². The summed E-state index contributed by atoms with van der Waals surface area (Å²) in [6, 6.07) is 7.33. The van der Waals surface area contributed by atoms with Crippen molar-refractivity contribution in [3.8, 4) is 5.75 Å². The van der Waals surface area contributed by atoms with Crippen LogP contribution in [0.15, 0.2) is 30.6 Å². The van der Waals surface area contributed by atoms with Gasteiger partial charge in [0.1, 0.15) is 23.4 Å². The Morgan fingerprint density at radius 2 is 2.22 bits per heavy atom. The molecular weight excluding hydrogens is 348 g/mol. The number of fused-ring (bicyclic) bond motifs is 3. The number of imidazole rings is 1. The van der Waals surface area contributed by atoms with Gasteiger partial charge >= 0.3 is 6.03 Å². The third-order valence-electron chi connectivity index (χ3n) is 4.31. The van der Waals surface area contributed by atoms with Gasteiger partial charge in [0, 0.05) is 19.7 Å². The van der Waals surface area contributed by atoms with Gasteiger partial charge in [0.15, 0.2) is 5.65 Å². The van der Waals surface area contributed by atoms with Crippen LogP contribution in [0.1, 0.15) is 5.56 Å². The highest BCUT2D eigenvalue weighted by Gasteiger charge is 2.16. The highest BCUT2D eigenvalue weighted by Crippen LogP contribution is 2.31. The molecule has 1 aromatic carbocycles. The van der Waals surface area contributed by atoms with E-state index in [1.807, 2.05) is 24.3 Å². The Hall–Kier alpha value is -3.33. The Morgan fingerprint density at radius 3 is 3.04 bits per heavy atom. The van der Waals surface area contributed by atoms with E-state index >= 15 is 0 Å². The lowest BCUT2D eigenvalue weighted by Gasteiger charge is -2.15. The third kappa shape index (κ3) is 3.24. The van der Waals surface area contributed by atoms with Crippen molar-refractivity contribution in [3.63, 3.8) is 0 Å². The summed E-state index contributed by atoms with van der Waals surface area (Å²) in [5.74, 6) is 1.25. The van der Waals surface area contributed by atoms with Gasteiger partial charge in [-0.05, 0) is 17.7 Å². The number of aromatic nitrogens is 3. The summed E-state index contributed by atoms with van der Waals surface area (Å²) in [4.78, 5) is 21.4. The highest BCUT2D eigenvalue weighted by atomic mass is 16.5. The Balaban J connectivity index is 1.87. The fraction of sp³-hybridized carbons (Fsp3) is 0.278. The van der Waals surface area contributed by atoms with Crippen LogP contribution in [0.4, 0.5) is 22.0 Å². The molecule has 9 heteroatoms. The monoisotopic (exact) mass is 368 g/mol. The lowest BCUT2D eigenvalue weighted by atomic mass is 10.2. The molecule has 0 radical (unpaired) electrons. The fourth-order valence-electron chi connectivity index (χ4n) is 2.98. The SMILES string of the molecule is CNc1cc2nc3c1ncn3C(=O)NCCOCc1ccc(OC)c(c1)N2. The molecule has 0 fully saturated rings. The Labute approximate surface area is 155 Å². The van der Waals surface area contributed by atoms with E-state index in [9.17, 15) is 4.79 Å². The van der Waals surface area contributed by atoms with Crippen LogP contribution in [0, 0.1) is 0 Å². The van der Waals surface area contributed by atoms with E-state index in [1.54, 1.807) is 14.2 Å². The molecule has 27 heavy (non-hydrogen) atoms. The van der Waals surface area contributed by atoms with Crippen molar-refractivity contribution in [1.82, 2.24) is 19.9 Å². The molecule has 3 N–H and O–H groups in total. The molecular formula is C18H20N6O3. The van der Waals surface area contributed by atoms with Gasteiger partial charge in [0.05, 0.1) is 31.7 Å². The molecule has 0 unspecified atom stereocenters. The van der Waals surface area contributed by atoms with Crippen molar-refractivity contribution in [2.75, 3.05) is 37.9 Å². The summed E-state index contributed by atoms with van der Waals surface area (Å²) >= 11 is 0. The minimum atomic E-state index is -0.305. The van der Waals surface area contributed by atoms with Crippen molar-refractivity contribution in [2.45, 2.75) is 6.61 Å². The molecule has 0 spiro atoms. The van der Waals surface area contributed by atoms with Gasteiger partial charge in [-0.2, -0.15) is 0 Å². The van der Waals surface area contributed by atoms with E-state index in [4.69, 9.17) is 9.47 Å². The Kier molecular flexibility index (Phi) is 4.51. The van der Waals surface area contributed by atoms with E-state index in [2.05, 4.69) is 25.9 Å². The number of hydrogen-bond acceptors (Lipinski definition) is 7. The number of ether oxygens (including phenoxy) is 2. The Morgan fingerprint density at radius 1 is 1.33 bits per heavy atom. The molecule has 0 aliphatic carbocycles. The van der Waals surface area contributed by atoms with Crippen molar-refractivity contribution < 1.29 is 14.3 Å². The highest BCUT2D eigenvalue weighted by molar-refractivity contribution is 5.94. The summed E-state index contributed by atoms with van der Waals surface area (Å²) in [5, 5.41) is 9.19. The normalized spacial score (nSPS) is 14.4. The number of nitrogens with one attached hydrogen (secondary N) is 3. The number of carbonyl (C=O) groups is 1. The van der Waals surface area contributed by atoms with E-state index < -0.39 is 0 Å². The van der Waals surface area contributed by atoms with Crippen LogP contribution >= 0.6 is 0 Å². The quantitative estimate of drug-likeness (QED) is 0.638. The van der Waals surface area contributed by atoms with Gasteiger partial charge in [-0.1, -0.05) is 6.07 Å². The first-order chi connectivity index (χ1) is 13.2. The molecule has 2 aromatic heterocycles. The molecule has 3 heterocycles. The van der Waals surface area contributed by atoms with Gasteiger partial charge < -0.3 is 25.4 Å². The molecule has 3 aromatic rings. The molecule has 9 nitrogen and oxygen atoms in total. The molecule has 0 saturated carbocycles. The second kappa shape index (κ2) is 7.12. The number of methoxy groups -OCH3 is 1. The largest absolute Gasteiger partial charge is 0.495 e. The maximum Gasteiger partial charge on any atom is 0.328 e. The van der Waals surface area contributed by atoms with Gasteiger partial charge in [-0.3, -0.25) is 0 Å². The van der Waals surface area contributed by atoms with Crippen molar-refractivity contribution in [3.05, 3.63) is 36.2 Å². The standard InChI is InChI=1S/C18H20N6O3/c1-19-13-8-15-22-12-7-11(3-4-14(12)26-2)9-27-6-5-20-18(25)24-10-21-16(13)17(24)23-15/h3-4,7-8,10H,5-6,9H2,1-2H3,(H,20,25)(H2,19,22,23). The van der Waals surface area contributed by atoms with E-state index in [0.29, 0.717) is 42.5 Å². The average molecular weight is 368 g/mol. The first-order valence-electron chi connectivity index (χ1n) is 8.55. The van der Waals surface area contributed by atoms with Crippen LogP contribution in [-0.4, -0.2) is 47.9 Å². The predicted molar refractivity (Wildman–Crippen MR) is 102 cm³/mol. The van der Waals surface area contributed by atoms with E-state index in [-0.39, 0.29) is 6.03 Å². The third-order valence-corrected chi connectivity index (χ3v) is 4.31. The number of carbonyl (C=O) groups excluding carboxylic acids is 1.